The zero-order chi connectivity index (χ0) is 25.7. The van der Waals surface area contributed by atoms with Crippen LogP contribution in [0.1, 0.15) is 65.6 Å². The van der Waals surface area contributed by atoms with Crippen molar-refractivity contribution in [3.8, 4) is 0 Å². The number of amides is 1. The number of piperidine rings is 1. The average Bonchev–Trinajstić information content (AvgIpc) is 3.23. The van der Waals surface area contributed by atoms with Gasteiger partial charge < -0.3 is 15.0 Å². The minimum absolute atomic E-state index is 0.0225. The highest BCUT2D eigenvalue weighted by molar-refractivity contribution is 7.89. The van der Waals surface area contributed by atoms with Crippen LogP contribution in [-0.4, -0.2) is 52.3 Å². The van der Waals surface area contributed by atoms with Gasteiger partial charge in [0.1, 0.15) is 6.04 Å². The molecule has 2 aliphatic heterocycles. The topological polar surface area (TPSA) is 105 Å². The molecule has 0 saturated carbocycles. The van der Waals surface area contributed by atoms with Gasteiger partial charge in [-0.1, -0.05) is 37.6 Å². The third-order valence-electron chi connectivity index (χ3n) is 7.01. The summed E-state index contributed by atoms with van der Waals surface area (Å²) in [5.74, 6) is -0.158. The summed E-state index contributed by atoms with van der Waals surface area (Å²) in [5, 5.41) is 3.40. The van der Waals surface area contributed by atoms with E-state index in [1.165, 1.54) is 12.7 Å². The molecule has 2 aliphatic rings. The van der Waals surface area contributed by atoms with E-state index < -0.39 is 22.0 Å². The predicted octanol–water partition coefficient (Wildman–Crippen LogP) is 3.12. The normalized spacial score (nSPS) is 17.2. The predicted molar refractivity (Wildman–Crippen MR) is 140 cm³/mol. The number of rotatable bonds is 10. The van der Waals surface area contributed by atoms with E-state index >= 15 is 0 Å². The summed E-state index contributed by atoms with van der Waals surface area (Å²) in [4.78, 5) is 27.1. The molecular formula is C27H35N3O5S. The summed E-state index contributed by atoms with van der Waals surface area (Å²) >= 11 is 0. The molecule has 0 aromatic heterocycles. The lowest BCUT2D eigenvalue weighted by Crippen LogP contribution is -2.43. The van der Waals surface area contributed by atoms with Crippen LogP contribution in [0.25, 0.3) is 0 Å². The third-order valence-corrected chi connectivity index (χ3v) is 8.48. The maximum atomic E-state index is 13.1. The number of anilines is 1. The lowest BCUT2D eigenvalue weighted by atomic mass is 9.88. The van der Waals surface area contributed by atoms with Crippen LogP contribution in [0, 0.1) is 0 Å². The summed E-state index contributed by atoms with van der Waals surface area (Å²) < 4.78 is 32.0. The zero-order valence-corrected chi connectivity index (χ0v) is 21.8. The Morgan fingerprint density at radius 2 is 1.89 bits per heavy atom. The Hall–Kier alpha value is -2.75. The molecule has 0 bridgehead atoms. The first kappa shape index (κ1) is 26.3. The van der Waals surface area contributed by atoms with Crippen LogP contribution >= 0.6 is 0 Å². The molecule has 9 heteroatoms. The van der Waals surface area contributed by atoms with Crippen molar-refractivity contribution in [1.82, 2.24) is 10.0 Å². The van der Waals surface area contributed by atoms with Crippen molar-refractivity contribution >= 4 is 27.6 Å². The molecule has 2 heterocycles. The Bertz CT molecular complexity index is 1190. The van der Waals surface area contributed by atoms with E-state index in [0.717, 1.165) is 54.7 Å². The van der Waals surface area contributed by atoms with Crippen LogP contribution in [-0.2, 0) is 32.5 Å². The SMILES string of the molecule is CCCCS(=O)(=O)NC(Cc1ccc(N2Cc3cc(C4CCNCC4)ccc3C2=O)cc1)C(=O)OC. The minimum atomic E-state index is -3.60. The van der Waals surface area contributed by atoms with Gasteiger partial charge in [-0.15, -0.1) is 0 Å². The maximum absolute atomic E-state index is 13.1. The Morgan fingerprint density at radius 1 is 1.17 bits per heavy atom. The van der Waals surface area contributed by atoms with Gasteiger partial charge in [0.2, 0.25) is 10.0 Å². The number of sulfonamides is 1. The number of nitrogens with zero attached hydrogens (tertiary/aromatic N) is 1. The number of nitrogens with one attached hydrogen (secondary N) is 2. The minimum Gasteiger partial charge on any atom is -0.468 e. The van der Waals surface area contributed by atoms with Crippen molar-refractivity contribution < 1.29 is 22.7 Å². The monoisotopic (exact) mass is 513 g/mol. The summed E-state index contributed by atoms with van der Waals surface area (Å²) in [6.07, 6.45) is 3.64. The van der Waals surface area contributed by atoms with Gasteiger partial charge in [-0.3, -0.25) is 9.59 Å². The highest BCUT2D eigenvalue weighted by Crippen LogP contribution is 2.33. The highest BCUT2D eigenvalue weighted by Gasteiger charge is 2.30. The molecule has 36 heavy (non-hydrogen) atoms. The van der Waals surface area contributed by atoms with E-state index in [1.54, 1.807) is 4.90 Å². The number of carbonyl (C=O) groups excluding carboxylic acids is 2. The standard InChI is InChI=1S/C27H35N3O5S/c1-3-4-15-36(33,34)29-25(27(32)35-2)16-19-5-8-23(9-6-19)30-18-22-17-21(7-10-24(22)26(30)31)20-11-13-28-14-12-20/h5-10,17,20,25,28-29H,3-4,11-16,18H2,1-2H3. The van der Waals surface area contributed by atoms with Gasteiger partial charge in [0.15, 0.2) is 0 Å². The van der Waals surface area contributed by atoms with Gasteiger partial charge in [-0.25, -0.2) is 13.1 Å². The Balaban J connectivity index is 1.45. The average molecular weight is 514 g/mol. The molecule has 0 spiro atoms. The molecule has 2 N–H and O–H groups in total. The molecule has 2 aromatic carbocycles. The Morgan fingerprint density at radius 3 is 2.56 bits per heavy atom. The van der Waals surface area contributed by atoms with E-state index in [4.69, 9.17) is 4.74 Å². The van der Waals surface area contributed by atoms with E-state index in [-0.39, 0.29) is 18.1 Å². The summed E-state index contributed by atoms with van der Waals surface area (Å²) in [5.41, 5.74) is 4.62. The number of unbranched alkanes of at least 4 members (excludes halogenated alkanes) is 1. The van der Waals surface area contributed by atoms with Crippen LogP contribution in [0.5, 0.6) is 0 Å². The molecule has 0 aliphatic carbocycles. The molecule has 0 radical (unpaired) electrons. The summed E-state index contributed by atoms with van der Waals surface area (Å²) in [6, 6.07) is 12.5. The fraction of sp³-hybridized carbons (Fsp3) is 0.481. The number of benzene rings is 2. The summed E-state index contributed by atoms with van der Waals surface area (Å²) in [7, 11) is -2.35. The fourth-order valence-corrected chi connectivity index (χ4v) is 6.33. The van der Waals surface area contributed by atoms with Crippen LogP contribution in [0.15, 0.2) is 42.5 Å². The van der Waals surface area contributed by atoms with Gasteiger partial charge >= 0.3 is 5.97 Å². The molecular weight excluding hydrogens is 478 g/mol. The van der Waals surface area contributed by atoms with Crippen LogP contribution in [0.2, 0.25) is 0 Å². The quantitative estimate of drug-likeness (QED) is 0.473. The molecule has 1 fully saturated rings. The molecule has 2 aromatic rings. The first-order valence-corrected chi connectivity index (χ1v) is 14.3. The molecule has 194 valence electrons. The highest BCUT2D eigenvalue weighted by atomic mass is 32.2. The fourth-order valence-electron chi connectivity index (χ4n) is 4.93. The van der Waals surface area contributed by atoms with Gasteiger partial charge in [0.05, 0.1) is 19.4 Å². The zero-order valence-electron chi connectivity index (χ0n) is 21.0. The number of methoxy groups -OCH3 is 1. The van der Waals surface area contributed by atoms with E-state index in [0.29, 0.717) is 18.9 Å². The number of hydrogen-bond acceptors (Lipinski definition) is 6. The van der Waals surface area contributed by atoms with Crippen molar-refractivity contribution in [1.29, 1.82) is 0 Å². The summed E-state index contributed by atoms with van der Waals surface area (Å²) in [6.45, 7) is 4.48. The molecule has 1 amide bonds. The van der Waals surface area contributed by atoms with Crippen molar-refractivity contribution in [3.63, 3.8) is 0 Å². The number of hydrogen-bond donors (Lipinski definition) is 2. The van der Waals surface area contributed by atoms with Crippen molar-refractivity contribution in [2.45, 2.75) is 57.5 Å². The maximum Gasteiger partial charge on any atom is 0.324 e. The second-order valence-electron chi connectivity index (χ2n) is 9.57. The first-order chi connectivity index (χ1) is 17.3. The van der Waals surface area contributed by atoms with Gasteiger partial charge in [-0.05, 0) is 79.6 Å². The van der Waals surface area contributed by atoms with E-state index in [9.17, 15) is 18.0 Å². The van der Waals surface area contributed by atoms with E-state index in [1.807, 2.05) is 37.3 Å². The second kappa shape index (κ2) is 11.5. The first-order valence-electron chi connectivity index (χ1n) is 12.6. The van der Waals surface area contributed by atoms with Crippen molar-refractivity contribution in [3.05, 3.63) is 64.7 Å². The van der Waals surface area contributed by atoms with Crippen molar-refractivity contribution in [2.75, 3.05) is 30.9 Å². The lowest BCUT2D eigenvalue weighted by molar-refractivity contribution is -0.142. The molecule has 4 rings (SSSR count). The molecule has 1 unspecified atom stereocenters. The Kier molecular flexibility index (Phi) is 8.43. The Labute approximate surface area is 213 Å². The lowest BCUT2D eigenvalue weighted by Gasteiger charge is -2.23. The molecule has 8 nitrogen and oxygen atoms in total. The van der Waals surface area contributed by atoms with E-state index in [2.05, 4.69) is 22.2 Å². The largest absolute Gasteiger partial charge is 0.468 e. The third kappa shape index (κ3) is 6.14. The number of carbonyl (C=O) groups is 2. The number of ether oxygens (including phenoxy) is 1. The smallest absolute Gasteiger partial charge is 0.324 e. The van der Waals surface area contributed by atoms with Gasteiger partial charge in [-0.2, -0.15) is 0 Å². The van der Waals surface area contributed by atoms with Crippen LogP contribution in [0.3, 0.4) is 0 Å². The molecule has 1 saturated heterocycles. The molecule has 1 atom stereocenters. The number of fused-ring (bicyclic) bond motifs is 1. The van der Waals surface area contributed by atoms with Gasteiger partial charge in [0.25, 0.3) is 5.91 Å². The van der Waals surface area contributed by atoms with Crippen LogP contribution < -0.4 is 14.9 Å². The second-order valence-corrected chi connectivity index (χ2v) is 11.4. The van der Waals surface area contributed by atoms with Gasteiger partial charge in [0, 0.05) is 11.3 Å². The van der Waals surface area contributed by atoms with Crippen molar-refractivity contribution in [2.24, 2.45) is 0 Å². The number of esters is 1. The van der Waals surface area contributed by atoms with Crippen LogP contribution in [0.4, 0.5) is 5.69 Å².